The molecule has 5 rings (SSSR count). The van der Waals surface area contributed by atoms with Crippen LogP contribution in [0.1, 0.15) is 39.7 Å². The van der Waals surface area contributed by atoms with E-state index in [4.69, 9.17) is 4.52 Å². The molecule has 1 saturated heterocycles. The summed E-state index contributed by atoms with van der Waals surface area (Å²) in [6.45, 7) is 5.41. The molecule has 0 N–H and O–H groups in total. The lowest BCUT2D eigenvalue weighted by molar-refractivity contribution is 0.0672. The average molecular weight is 448 g/mol. The summed E-state index contributed by atoms with van der Waals surface area (Å²) in [7, 11) is 0. The number of carbonyl (C=O) groups is 1. The maximum absolute atomic E-state index is 13.3. The first kappa shape index (κ1) is 20.6. The Morgan fingerprint density at radius 1 is 1.16 bits per heavy atom. The molecule has 3 aromatic heterocycles. The maximum Gasteiger partial charge on any atom is 0.265 e. The van der Waals surface area contributed by atoms with Crippen LogP contribution in [0.2, 0.25) is 0 Å². The zero-order valence-corrected chi connectivity index (χ0v) is 19.0. The molecule has 32 heavy (non-hydrogen) atoms. The van der Waals surface area contributed by atoms with Gasteiger partial charge in [0.1, 0.15) is 4.88 Å². The van der Waals surface area contributed by atoms with Gasteiger partial charge in [-0.1, -0.05) is 40.8 Å². The minimum atomic E-state index is 0.0641. The van der Waals surface area contributed by atoms with Gasteiger partial charge in [-0.15, -0.1) is 0 Å². The number of nitrogens with zero attached hydrogens (tertiary/aromatic N) is 5. The smallest absolute Gasteiger partial charge is 0.265 e. The van der Waals surface area contributed by atoms with Crippen molar-refractivity contribution in [1.29, 1.82) is 0 Å². The molecule has 4 aromatic rings. The first-order chi connectivity index (χ1) is 15.6. The lowest BCUT2D eigenvalue weighted by Gasteiger charge is -2.32. The molecule has 1 unspecified atom stereocenters. The zero-order chi connectivity index (χ0) is 22.1. The number of hydrogen-bond donors (Lipinski definition) is 0. The van der Waals surface area contributed by atoms with Crippen molar-refractivity contribution in [3.8, 4) is 16.5 Å². The molecule has 0 radical (unpaired) electrons. The van der Waals surface area contributed by atoms with Crippen LogP contribution in [0.5, 0.6) is 0 Å². The van der Waals surface area contributed by atoms with Crippen molar-refractivity contribution in [2.75, 3.05) is 13.1 Å². The standard InChI is InChI=1S/C24H25N5O2S/c1-16-8-3-4-10-19(16)22-26-20(31-27-22)14-18-9-7-13-29(15-18)23(30)21-17(2)25-24(32-21)28-11-5-6-12-28/h3-6,8,10-12,18H,7,9,13-15H2,1-2H3. The van der Waals surface area contributed by atoms with Crippen molar-refractivity contribution in [3.63, 3.8) is 0 Å². The van der Waals surface area contributed by atoms with Crippen molar-refractivity contribution >= 4 is 17.2 Å². The fraction of sp³-hybridized carbons (Fsp3) is 0.333. The van der Waals surface area contributed by atoms with Gasteiger partial charge in [-0.05, 0) is 50.3 Å². The van der Waals surface area contributed by atoms with E-state index in [1.807, 2.05) is 72.1 Å². The summed E-state index contributed by atoms with van der Waals surface area (Å²) in [5.74, 6) is 1.62. The highest BCUT2D eigenvalue weighted by atomic mass is 32.1. The molecule has 0 spiro atoms. The molecule has 4 heterocycles. The van der Waals surface area contributed by atoms with Crippen LogP contribution in [0, 0.1) is 19.8 Å². The van der Waals surface area contributed by atoms with E-state index in [1.54, 1.807) is 0 Å². The van der Waals surface area contributed by atoms with Gasteiger partial charge >= 0.3 is 0 Å². The molecule has 1 atom stereocenters. The molecular formula is C24H25N5O2S. The number of benzene rings is 1. The Hall–Kier alpha value is -3.26. The second-order valence-corrected chi connectivity index (χ2v) is 9.27. The van der Waals surface area contributed by atoms with Crippen molar-refractivity contribution in [1.82, 2.24) is 24.6 Å². The van der Waals surface area contributed by atoms with E-state index >= 15 is 0 Å². The second kappa shape index (κ2) is 8.70. The van der Waals surface area contributed by atoms with Crippen molar-refractivity contribution in [2.24, 2.45) is 5.92 Å². The fourth-order valence-corrected chi connectivity index (χ4v) is 5.23. The summed E-state index contributed by atoms with van der Waals surface area (Å²) in [4.78, 5) is 25.1. The van der Waals surface area contributed by atoms with E-state index in [0.717, 1.165) is 41.3 Å². The van der Waals surface area contributed by atoms with E-state index in [-0.39, 0.29) is 5.91 Å². The van der Waals surface area contributed by atoms with Crippen molar-refractivity contribution in [2.45, 2.75) is 33.1 Å². The van der Waals surface area contributed by atoms with Crippen LogP contribution in [0.3, 0.4) is 0 Å². The fourth-order valence-electron chi connectivity index (χ4n) is 4.23. The third-order valence-electron chi connectivity index (χ3n) is 5.93. The van der Waals surface area contributed by atoms with Crippen LogP contribution in [0.15, 0.2) is 53.3 Å². The molecule has 7 nitrogen and oxygen atoms in total. The average Bonchev–Trinajstić information content (AvgIpc) is 3.55. The summed E-state index contributed by atoms with van der Waals surface area (Å²) in [6, 6.07) is 11.9. The first-order valence-electron chi connectivity index (χ1n) is 10.9. The molecule has 0 bridgehead atoms. The largest absolute Gasteiger partial charge is 0.339 e. The normalized spacial score (nSPS) is 16.4. The summed E-state index contributed by atoms with van der Waals surface area (Å²) in [5, 5.41) is 5.00. The van der Waals surface area contributed by atoms with E-state index in [1.165, 1.54) is 11.3 Å². The van der Waals surface area contributed by atoms with Gasteiger partial charge in [0.2, 0.25) is 11.7 Å². The van der Waals surface area contributed by atoms with Gasteiger partial charge in [-0.3, -0.25) is 4.79 Å². The van der Waals surface area contributed by atoms with Gasteiger partial charge in [-0.25, -0.2) is 4.98 Å². The van der Waals surface area contributed by atoms with Gasteiger partial charge in [-0.2, -0.15) is 4.98 Å². The number of likely N-dealkylation sites (tertiary alicyclic amines) is 1. The number of rotatable bonds is 5. The van der Waals surface area contributed by atoms with Crippen LogP contribution in [0.25, 0.3) is 16.5 Å². The number of aryl methyl sites for hydroxylation is 2. The molecule has 1 aliphatic heterocycles. The van der Waals surface area contributed by atoms with E-state index in [2.05, 4.69) is 15.1 Å². The molecule has 1 fully saturated rings. The molecule has 1 aliphatic rings. The third-order valence-corrected chi connectivity index (χ3v) is 7.09. The Balaban J connectivity index is 1.27. The number of amides is 1. The van der Waals surface area contributed by atoms with Gasteiger partial charge in [0, 0.05) is 37.5 Å². The van der Waals surface area contributed by atoms with Gasteiger partial charge in [0.25, 0.3) is 5.91 Å². The quantitative estimate of drug-likeness (QED) is 0.443. The molecule has 1 aromatic carbocycles. The van der Waals surface area contributed by atoms with Crippen LogP contribution in [-0.2, 0) is 6.42 Å². The third kappa shape index (κ3) is 4.10. The SMILES string of the molecule is Cc1ccccc1-c1noc(CC2CCCN(C(=O)c3sc(-n4cccc4)nc3C)C2)n1. The molecule has 8 heteroatoms. The summed E-state index contributed by atoms with van der Waals surface area (Å²) in [6.07, 6.45) is 6.58. The Labute approximate surface area is 190 Å². The molecule has 0 saturated carbocycles. The highest BCUT2D eigenvalue weighted by Gasteiger charge is 2.28. The highest BCUT2D eigenvalue weighted by molar-refractivity contribution is 7.16. The lowest BCUT2D eigenvalue weighted by Crippen LogP contribution is -2.40. The lowest BCUT2D eigenvalue weighted by atomic mass is 9.94. The van der Waals surface area contributed by atoms with Gasteiger partial charge in [0.15, 0.2) is 5.13 Å². The Bertz CT molecular complexity index is 1230. The number of thiazole rings is 1. The highest BCUT2D eigenvalue weighted by Crippen LogP contribution is 2.27. The molecule has 1 amide bonds. The van der Waals surface area contributed by atoms with Gasteiger partial charge in [0.05, 0.1) is 5.69 Å². The Morgan fingerprint density at radius 3 is 2.78 bits per heavy atom. The van der Waals surface area contributed by atoms with Gasteiger partial charge < -0.3 is 14.0 Å². The number of hydrogen-bond acceptors (Lipinski definition) is 6. The Kier molecular flexibility index (Phi) is 5.61. The van der Waals surface area contributed by atoms with E-state index in [0.29, 0.717) is 35.5 Å². The zero-order valence-electron chi connectivity index (χ0n) is 18.2. The predicted molar refractivity (Wildman–Crippen MR) is 123 cm³/mol. The second-order valence-electron chi connectivity index (χ2n) is 8.29. The molecule has 0 aliphatic carbocycles. The van der Waals surface area contributed by atoms with Crippen LogP contribution in [-0.4, -0.2) is 43.6 Å². The number of piperidine rings is 1. The van der Waals surface area contributed by atoms with E-state index < -0.39 is 0 Å². The van der Waals surface area contributed by atoms with Crippen molar-refractivity contribution in [3.05, 3.63) is 70.8 Å². The Morgan fingerprint density at radius 2 is 1.97 bits per heavy atom. The summed E-state index contributed by atoms with van der Waals surface area (Å²) in [5.41, 5.74) is 2.89. The first-order valence-corrected chi connectivity index (χ1v) is 11.7. The monoisotopic (exact) mass is 447 g/mol. The van der Waals surface area contributed by atoms with Crippen molar-refractivity contribution < 1.29 is 9.32 Å². The molecular weight excluding hydrogens is 422 g/mol. The van der Waals surface area contributed by atoms with Crippen LogP contribution >= 0.6 is 11.3 Å². The summed E-state index contributed by atoms with van der Waals surface area (Å²) >= 11 is 1.45. The topological polar surface area (TPSA) is 77.0 Å². The number of aromatic nitrogens is 4. The van der Waals surface area contributed by atoms with Crippen LogP contribution < -0.4 is 0 Å². The van der Waals surface area contributed by atoms with Crippen LogP contribution in [0.4, 0.5) is 0 Å². The summed E-state index contributed by atoms with van der Waals surface area (Å²) < 4.78 is 7.49. The predicted octanol–water partition coefficient (Wildman–Crippen LogP) is 4.70. The minimum Gasteiger partial charge on any atom is -0.339 e. The number of carbonyl (C=O) groups excluding carboxylic acids is 1. The minimum absolute atomic E-state index is 0.0641. The van der Waals surface area contributed by atoms with E-state index in [9.17, 15) is 4.79 Å². The molecule has 164 valence electrons. The maximum atomic E-state index is 13.3.